The van der Waals surface area contributed by atoms with Crippen LogP contribution in [0.25, 0.3) is 10.8 Å². The number of hydrogen-bond donors (Lipinski definition) is 2. The van der Waals surface area contributed by atoms with E-state index in [-0.39, 0.29) is 23.4 Å². The highest BCUT2D eigenvalue weighted by Gasteiger charge is 2.20. The minimum Gasteiger partial charge on any atom is -0.328 e. The number of aromatic amines is 1. The molecule has 3 aromatic rings. The third kappa shape index (κ3) is 3.31. The van der Waals surface area contributed by atoms with Crippen molar-refractivity contribution in [3.63, 3.8) is 0 Å². The molecule has 0 unspecified atom stereocenters. The SMILES string of the molecule is Cc1cc(NC(=O)N(C)[C@@H](C)c2c[nH]c(=O)c3ccccc23)ccc1F. The van der Waals surface area contributed by atoms with Crippen molar-refractivity contribution in [2.45, 2.75) is 19.9 Å². The van der Waals surface area contributed by atoms with E-state index in [0.29, 0.717) is 16.6 Å². The van der Waals surface area contributed by atoms with Gasteiger partial charge in [-0.2, -0.15) is 0 Å². The quantitative estimate of drug-likeness (QED) is 0.741. The maximum atomic E-state index is 13.4. The number of benzene rings is 2. The second kappa shape index (κ2) is 7.00. The molecule has 2 amide bonds. The van der Waals surface area contributed by atoms with Gasteiger partial charge in [0, 0.05) is 24.3 Å². The van der Waals surface area contributed by atoms with Gasteiger partial charge in [-0.25, -0.2) is 9.18 Å². The maximum absolute atomic E-state index is 13.4. The summed E-state index contributed by atoms with van der Waals surface area (Å²) in [5, 5.41) is 4.16. The lowest BCUT2D eigenvalue weighted by Gasteiger charge is -2.26. The van der Waals surface area contributed by atoms with Crippen LogP contribution in [0, 0.1) is 12.7 Å². The molecule has 26 heavy (non-hydrogen) atoms. The van der Waals surface area contributed by atoms with E-state index in [4.69, 9.17) is 0 Å². The van der Waals surface area contributed by atoms with Crippen molar-refractivity contribution < 1.29 is 9.18 Å². The summed E-state index contributed by atoms with van der Waals surface area (Å²) in [6, 6.07) is 11.1. The Morgan fingerprint density at radius 3 is 2.58 bits per heavy atom. The number of fused-ring (bicyclic) bond motifs is 1. The van der Waals surface area contributed by atoms with Crippen molar-refractivity contribution in [1.29, 1.82) is 0 Å². The van der Waals surface area contributed by atoms with Gasteiger partial charge in [0.1, 0.15) is 5.82 Å². The van der Waals surface area contributed by atoms with Crippen molar-refractivity contribution in [2.75, 3.05) is 12.4 Å². The molecule has 0 aliphatic carbocycles. The van der Waals surface area contributed by atoms with E-state index in [1.807, 2.05) is 19.1 Å². The summed E-state index contributed by atoms with van der Waals surface area (Å²) >= 11 is 0. The number of hydrogen-bond acceptors (Lipinski definition) is 2. The Kier molecular flexibility index (Phi) is 4.75. The lowest BCUT2D eigenvalue weighted by molar-refractivity contribution is 0.208. The Bertz CT molecular complexity index is 1030. The molecule has 0 spiro atoms. The van der Waals surface area contributed by atoms with Crippen molar-refractivity contribution >= 4 is 22.5 Å². The third-order valence-electron chi connectivity index (χ3n) is 4.60. The van der Waals surface area contributed by atoms with Crippen LogP contribution >= 0.6 is 0 Å². The second-order valence-electron chi connectivity index (χ2n) is 6.30. The van der Waals surface area contributed by atoms with Gasteiger partial charge in [-0.15, -0.1) is 0 Å². The molecule has 2 aromatic carbocycles. The molecular formula is C20H20FN3O2. The molecule has 3 rings (SSSR count). The van der Waals surface area contributed by atoms with Gasteiger partial charge in [0.05, 0.1) is 6.04 Å². The van der Waals surface area contributed by atoms with Gasteiger partial charge in [-0.3, -0.25) is 4.79 Å². The molecule has 1 atom stereocenters. The standard InChI is InChI=1S/C20H20FN3O2/c1-12-10-14(8-9-18(12)21)23-20(26)24(3)13(2)17-11-22-19(25)16-7-5-4-6-15(16)17/h4-11,13H,1-3H3,(H,22,25)(H,23,26)/t13-/m0/s1. The van der Waals surface area contributed by atoms with Crippen molar-refractivity contribution in [1.82, 2.24) is 9.88 Å². The molecule has 5 nitrogen and oxygen atoms in total. The summed E-state index contributed by atoms with van der Waals surface area (Å²) in [5.74, 6) is -0.315. The van der Waals surface area contributed by atoms with Crippen LogP contribution in [-0.4, -0.2) is 23.0 Å². The van der Waals surface area contributed by atoms with Gasteiger partial charge < -0.3 is 15.2 Å². The van der Waals surface area contributed by atoms with E-state index in [0.717, 1.165) is 10.9 Å². The van der Waals surface area contributed by atoms with Crippen molar-refractivity contribution in [3.8, 4) is 0 Å². The summed E-state index contributed by atoms with van der Waals surface area (Å²) in [6.45, 7) is 3.53. The Labute approximate surface area is 150 Å². The smallest absolute Gasteiger partial charge is 0.322 e. The van der Waals surface area contributed by atoms with Gasteiger partial charge in [0.15, 0.2) is 0 Å². The van der Waals surface area contributed by atoms with E-state index in [1.165, 1.54) is 12.1 Å². The lowest BCUT2D eigenvalue weighted by atomic mass is 10.0. The molecule has 2 N–H and O–H groups in total. The first-order valence-electron chi connectivity index (χ1n) is 8.29. The third-order valence-corrected chi connectivity index (χ3v) is 4.60. The zero-order valence-electron chi connectivity index (χ0n) is 14.8. The predicted octanol–water partition coefficient (Wildman–Crippen LogP) is 4.20. The number of aryl methyl sites for hydroxylation is 1. The molecular weight excluding hydrogens is 333 g/mol. The molecule has 1 aromatic heterocycles. The number of aromatic nitrogens is 1. The van der Waals surface area contributed by atoms with Crippen LogP contribution < -0.4 is 10.9 Å². The average molecular weight is 353 g/mol. The van der Waals surface area contributed by atoms with Gasteiger partial charge in [0.25, 0.3) is 5.56 Å². The molecule has 0 saturated carbocycles. The van der Waals surface area contributed by atoms with E-state index < -0.39 is 0 Å². The zero-order valence-corrected chi connectivity index (χ0v) is 14.8. The highest BCUT2D eigenvalue weighted by molar-refractivity contribution is 5.90. The zero-order chi connectivity index (χ0) is 18.8. The molecule has 1 heterocycles. The van der Waals surface area contributed by atoms with Crippen molar-refractivity contribution in [3.05, 3.63) is 76.0 Å². The monoisotopic (exact) mass is 353 g/mol. The highest BCUT2D eigenvalue weighted by Crippen LogP contribution is 2.25. The number of urea groups is 1. The number of H-pyrrole nitrogens is 1. The number of carbonyl (C=O) groups is 1. The number of nitrogens with one attached hydrogen (secondary N) is 2. The number of halogens is 1. The first kappa shape index (κ1) is 17.7. The first-order valence-corrected chi connectivity index (χ1v) is 8.29. The van der Waals surface area contributed by atoms with Crippen LogP contribution in [-0.2, 0) is 0 Å². The largest absolute Gasteiger partial charge is 0.328 e. The van der Waals surface area contributed by atoms with Crippen LogP contribution in [0.2, 0.25) is 0 Å². The van der Waals surface area contributed by atoms with E-state index in [2.05, 4.69) is 10.3 Å². The Morgan fingerprint density at radius 2 is 1.88 bits per heavy atom. The predicted molar refractivity (Wildman–Crippen MR) is 101 cm³/mol. The number of pyridine rings is 1. The Hall–Kier alpha value is -3.15. The number of anilines is 1. The first-order chi connectivity index (χ1) is 12.4. The molecule has 134 valence electrons. The molecule has 6 heteroatoms. The van der Waals surface area contributed by atoms with Crippen molar-refractivity contribution in [2.24, 2.45) is 0 Å². The number of nitrogens with zero attached hydrogens (tertiary/aromatic N) is 1. The molecule has 0 radical (unpaired) electrons. The van der Waals surface area contributed by atoms with Crippen LogP contribution in [0.1, 0.15) is 24.1 Å². The Balaban J connectivity index is 1.86. The fraction of sp³-hybridized carbons (Fsp3) is 0.200. The van der Waals surface area contributed by atoms with Crippen LogP contribution in [0.3, 0.4) is 0 Å². The van der Waals surface area contributed by atoms with Gasteiger partial charge >= 0.3 is 6.03 Å². The fourth-order valence-corrected chi connectivity index (χ4v) is 2.90. The fourth-order valence-electron chi connectivity index (χ4n) is 2.90. The minimum absolute atomic E-state index is 0.162. The topological polar surface area (TPSA) is 65.2 Å². The van der Waals surface area contributed by atoms with Crippen LogP contribution in [0.5, 0.6) is 0 Å². The highest BCUT2D eigenvalue weighted by atomic mass is 19.1. The molecule has 0 aliphatic heterocycles. The molecule has 0 fully saturated rings. The maximum Gasteiger partial charge on any atom is 0.322 e. The van der Waals surface area contributed by atoms with Gasteiger partial charge in [-0.05, 0) is 54.6 Å². The summed E-state index contributed by atoms with van der Waals surface area (Å²) in [6.07, 6.45) is 1.64. The second-order valence-corrected chi connectivity index (χ2v) is 6.30. The average Bonchev–Trinajstić information content (AvgIpc) is 2.64. The number of amides is 2. The summed E-state index contributed by atoms with van der Waals surface area (Å²) in [4.78, 5) is 28.8. The van der Waals surface area contributed by atoms with E-state index >= 15 is 0 Å². The lowest BCUT2D eigenvalue weighted by Crippen LogP contribution is -2.34. The summed E-state index contributed by atoms with van der Waals surface area (Å²) < 4.78 is 13.4. The molecule has 0 bridgehead atoms. The van der Waals surface area contributed by atoms with Gasteiger partial charge in [0.2, 0.25) is 0 Å². The molecule has 0 aliphatic rings. The van der Waals surface area contributed by atoms with E-state index in [1.54, 1.807) is 43.3 Å². The number of carbonyl (C=O) groups excluding carboxylic acids is 1. The Morgan fingerprint density at radius 1 is 1.19 bits per heavy atom. The number of rotatable bonds is 3. The normalized spacial score (nSPS) is 12.0. The van der Waals surface area contributed by atoms with E-state index in [9.17, 15) is 14.0 Å². The minimum atomic E-state index is -0.321. The summed E-state index contributed by atoms with van der Waals surface area (Å²) in [5.41, 5.74) is 1.67. The van der Waals surface area contributed by atoms with Crippen LogP contribution in [0.15, 0.2) is 53.5 Å². The molecule has 0 saturated heterocycles. The summed E-state index contributed by atoms with van der Waals surface area (Å²) in [7, 11) is 1.68. The van der Waals surface area contributed by atoms with Crippen LogP contribution in [0.4, 0.5) is 14.9 Å². The van der Waals surface area contributed by atoms with Gasteiger partial charge in [-0.1, -0.05) is 18.2 Å².